The summed E-state index contributed by atoms with van der Waals surface area (Å²) >= 11 is 0. The normalized spacial score (nSPS) is 15.4. The van der Waals surface area contributed by atoms with E-state index in [4.69, 9.17) is 0 Å². The van der Waals surface area contributed by atoms with Crippen molar-refractivity contribution >= 4 is 17.9 Å². The van der Waals surface area contributed by atoms with Gasteiger partial charge in [0.2, 0.25) is 0 Å². The van der Waals surface area contributed by atoms with Crippen molar-refractivity contribution in [1.29, 1.82) is 0 Å². The van der Waals surface area contributed by atoms with Gasteiger partial charge in [0.05, 0.1) is 38.0 Å². The van der Waals surface area contributed by atoms with Crippen LogP contribution in [0.15, 0.2) is 12.2 Å². The first kappa shape index (κ1) is 39.1. The van der Waals surface area contributed by atoms with Gasteiger partial charge in [-0.25, -0.2) is 0 Å². The zero-order valence-corrected chi connectivity index (χ0v) is 26.9. The van der Waals surface area contributed by atoms with Gasteiger partial charge in [-0.2, -0.15) is 0 Å². The maximum atomic E-state index is 11.5. The van der Waals surface area contributed by atoms with Crippen LogP contribution in [0.4, 0.5) is 0 Å². The third kappa shape index (κ3) is 21.5. The van der Waals surface area contributed by atoms with Gasteiger partial charge >= 0.3 is 11.9 Å². The van der Waals surface area contributed by atoms with Crippen LogP contribution in [-0.4, -0.2) is 58.8 Å². The largest absolute Gasteiger partial charge is 0.550 e. The van der Waals surface area contributed by atoms with E-state index in [0.717, 1.165) is 32.2 Å². The fraction of sp³-hybridized carbons (Fsp3) is 0.853. The fourth-order valence-corrected chi connectivity index (χ4v) is 5.31. The van der Waals surface area contributed by atoms with Gasteiger partial charge in [0.15, 0.2) is 0 Å². The van der Waals surface area contributed by atoms with Crippen LogP contribution in [0.3, 0.4) is 0 Å². The molecule has 0 aromatic heterocycles. The Labute approximate surface area is 251 Å². The molecule has 7 heteroatoms. The number of carbonyl (C=O) groups excluding carboxylic acids is 1. The lowest BCUT2D eigenvalue weighted by atomic mass is 10.0. The molecule has 240 valence electrons. The summed E-state index contributed by atoms with van der Waals surface area (Å²) in [4.78, 5) is 34.3. The number of rotatable bonds is 29. The number of hydrogen-bond donors (Lipinski definition) is 2. The molecule has 0 spiro atoms. The highest BCUT2D eigenvalue weighted by molar-refractivity contribution is 5.69. The van der Waals surface area contributed by atoms with Gasteiger partial charge < -0.3 is 24.6 Å². The lowest BCUT2D eigenvalue weighted by Crippen LogP contribution is -2.52. The van der Waals surface area contributed by atoms with Crippen molar-refractivity contribution in [3.8, 4) is 0 Å². The van der Waals surface area contributed by atoms with E-state index < -0.39 is 35.7 Å². The lowest BCUT2D eigenvalue weighted by Gasteiger charge is -2.41. The Morgan fingerprint density at radius 1 is 0.585 bits per heavy atom. The standard InChI is InChI=1S/C34H63NO6/c1-5-6-7-8-9-10-11-12-13-14-15-16-17-18-19-20-21-25-35(26-22-29(2)32(36)37,27-23-30(3)33(38)39)28-24-31(4)34(40)41/h14-15,29-31H,5-13,16-28H2,1-4H3,(H2-,36,37,38,39,40,41)/b15-14+. The van der Waals surface area contributed by atoms with Gasteiger partial charge in [0.1, 0.15) is 0 Å². The second kappa shape index (κ2) is 24.7. The molecular formula is C34H63NO6. The van der Waals surface area contributed by atoms with Crippen LogP contribution >= 0.6 is 0 Å². The Kier molecular flexibility index (Phi) is 23.5. The van der Waals surface area contributed by atoms with Crippen LogP contribution in [0.5, 0.6) is 0 Å². The van der Waals surface area contributed by atoms with Crippen LogP contribution < -0.4 is 5.11 Å². The molecule has 0 radical (unpaired) electrons. The maximum absolute atomic E-state index is 11.5. The third-order valence-electron chi connectivity index (χ3n) is 8.75. The number of allylic oxidation sites excluding steroid dienone is 2. The van der Waals surface area contributed by atoms with Crippen molar-refractivity contribution < 1.29 is 34.2 Å². The first-order chi connectivity index (χ1) is 19.5. The van der Waals surface area contributed by atoms with Crippen molar-refractivity contribution in [3.63, 3.8) is 0 Å². The van der Waals surface area contributed by atoms with Gasteiger partial charge in [0.25, 0.3) is 0 Å². The molecular weight excluding hydrogens is 518 g/mol. The molecule has 0 saturated heterocycles. The molecule has 0 heterocycles. The highest BCUT2D eigenvalue weighted by Gasteiger charge is 2.30. The summed E-state index contributed by atoms with van der Waals surface area (Å²) < 4.78 is 0.578. The van der Waals surface area contributed by atoms with Crippen LogP contribution in [0, 0.1) is 17.8 Å². The number of aliphatic carboxylic acids is 3. The highest BCUT2D eigenvalue weighted by Crippen LogP contribution is 2.22. The number of unbranched alkanes of at least 4 members (excludes halogenated alkanes) is 13. The van der Waals surface area contributed by atoms with E-state index in [9.17, 15) is 29.7 Å². The number of carboxylic acids is 3. The fourth-order valence-electron chi connectivity index (χ4n) is 5.31. The summed E-state index contributed by atoms with van der Waals surface area (Å²) in [5, 5.41) is 30.2. The lowest BCUT2D eigenvalue weighted by molar-refractivity contribution is -0.929. The molecule has 0 aromatic rings. The Balaban J connectivity index is 4.62. The summed E-state index contributed by atoms with van der Waals surface area (Å²) in [6, 6.07) is 0. The second-order valence-electron chi connectivity index (χ2n) is 12.6. The quantitative estimate of drug-likeness (QED) is 0.0547. The molecule has 7 nitrogen and oxygen atoms in total. The summed E-state index contributed by atoms with van der Waals surface area (Å²) in [6.45, 7) is 9.94. The Morgan fingerprint density at radius 3 is 1.34 bits per heavy atom. The zero-order chi connectivity index (χ0) is 30.9. The molecule has 2 N–H and O–H groups in total. The van der Waals surface area contributed by atoms with E-state index in [-0.39, 0.29) is 0 Å². The zero-order valence-electron chi connectivity index (χ0n) is 26.9. The van der Waals surface area contributed by atoms with Gasteiger partial charge in [-0.1, -0.05) is 97.6 Å². The minimum absolute atomic E-state index is 0.441. The van der Waals surface area contributed by atoms with E-state index >= 15 is 0 Å². The number of quaternary nitrogens is 1. The minimum atomic E-state index is -1.08. The summed E-state index contributed by atoms with van der Waals surface area (Å²) in [5.74, 6) is -4.33. The third-order valence-corrected chi connectivity index (χ3v) is 8.75. The molecule has 0 bridgehead atoms. The molecule has 0 aliphatic heterocycles. The first-order valence-electron chi connectivity index (χ1n) is 16.7. The monoisotopic (exact) mass is 581 g/mol. The van der Waals surface area contributed by atoms with Crippen molar-refractivity contribution in [2.24, 2.45) is 17.8 Å². The van der Waals surface area contributed by atoms with E-state index in [2.05, 4.69) is 19.1 Å². The molecule has 0 amide bonds. The molecule has 0 saturated carbocycles. The highest BCUT2D eigenvalue weighted by atomic mass is 16.4. The number of hydrogen-bond acceptors (Lipinski definition) is 4. The number of nitrogens with zero attached hydrogens (tertiary/aromatic N) is 1. The predicted molar refractivity (Wildman–Crippen MR) is 165 cm³/mol. The number of carbonyl (C=O) groups is 3. The second-order valence-corrected chi connectivity index (χ2v) is 12.6. The summed E-state index contributed by atoms with van der Waals surface area (Å²) in [5.41, 5.74) is 0. The van der Waals surface area contributed by atoms with Gasteiger partial charge in [-0.05, 0) is 38.5 Å². The molecule has 0 aliphatic carbocycles. The average Bonchev–Trinajstić information content (AvgIpc) is 2.94. The Bertz CT molecular complexity index is 662. The van der Waals surface area contributed by atoms with Crippen molar-refractivity contribution in [1.82, 2.24) is 0 Å². The topological polar surface area (TPSA) is 115 Å². The summed E-state index contributed by atoms with van der Waals surface area (Å²) in [7, 11) is 0. The Hall–Kier alpha value is -1.89. The summed E-state index contributed by atoms with van der Waals surface area (Å²) in [6.07, 6.45) is 24.8. The van der Waals surface area contributed by atoms with Crippen LogP contribution in [0.1, 0.15) is 143 Å². The Morgan fingerprint density at radius 2 is 0.951 bits per heavy atom. The smallest absolute Gasteiger partial charge is 0.306 e. The van der Waals surface area contributed by atoms with E-state index in [1.165, 1.54) is 70.6 Å². The van der Waals surface area contributed by atoms with E-state index in [1.807, 2.05) is 0 Å². The molecule has 0 fully saturated rings. The van der Waals surface area contributed by atoms with Crippen LogP contribution in [0.2, 0.25) is 0 Å². The van der Waals surface area contributed by atoms with E-state index in [1.54, 1.807) is 20.8 Å². The van der Waals surface area contributed by atoms with Crippen molar-refractivity contribution in [2.75, 3.05) is 26.2 Å². The molecule has 0 aliphatic rings. The SMILES string of the molecule is CCCCCCCCCC/C=C/CCCCCCC[N+](CCC(C)C(=O)[O-])(CCC(C)C(=O)O)CCC(C)C(=O)O. The van der Waals surface area contributed by atoms with Crippen LogP contribution in [0.25, 0.3) is 0 Å². The molecule has 3 unspecified atom stereocenters. The predicted octanol–water partition coefficient (Wildman–Crippen LogP) is 7.23. The van der Waals surface area contributed by atoms with E-state index in [0.29, 0.717) is 43.4 Å². The molecule has 41 heavy (non-hydrogen) atoms. The molecule has 0 aromatic carbocycles. The van der Waals surface area contributed by atoms with Crippen molar-refractivity contribution in [3.05, 3.63) is 12.2 Å². The number of carboxylic acid groups (broad SMARTS) is 3. The molecule has 0 rings (SSSR count). The van der Waals surface area contributed by atoms with Gasteiger partial charge in [-0.15, -0.1) is 0 Å². The minimum Gasteiger partial charge on any atom is -0.550 e. The van der Waals surface area contributed by atoms with Gasteiger partial charge in [0, 0.05) is 31.1 Å². The van der Waals surface area contributed by atoms with Crippen LogP contribution in [-0.2, 0) is 14.4 Å². The maximum Gasteiger partial charge on any atom is 0.306 e. The van der Waals surface area contributed by atoms with Gasteiger partial charge in [-0.3, -0.25) is 9.59 Å². The first-order valence-corrected chi connectivity index (χ1v) is 16.7. The molecule has 3 atom stereocenters. The average molecular weight is 582 g/mol. The van der Waals surface area contributed by atoms with Crippen molar-refractivity contribution in [2.45, 2.75) is 143 Å².